The molecule has 2 atom stereocenters. The maximum Gasteiger partial charge on any atom is 0.434 e. The Balaban J connectivity index is 2.47. The van der Waals surface area contributed by atoms with E-state index in [1.165, 1.54) is 6.92 Å². The Bertz CT molecular complexity index is 1070. The molecule has 1 heterocycles. The Morgan fingerprint density at radius 3 is 2.18 bits per heavy atom. The number of benzene rings is 1. The fourth-order valence-corrected chi connectivity index (χ4v) is 3.13. The van der Waals surface area contributed by atoms with Crippen molar-refractivity contribution in [1.29, 1.82) is 0 Å². The molecule has 0 saturated heterocycles. The Morgan fingerprint density at radius 2 is 1.68 bits per heavy atom. The topological polar surface area (TPSA) is 101 Å². The monoisotopic (exact) mass is 509 g/mol. The van der Waals surface area contributed by atoms with Crippen molar-refractivity contribution >= 4 is 29.3 Å². The predicted octanol–water partition coefficient (Wildman–Crippen LogP) is 4.97. The van der Waals surface area contributed by atoms with Gasteiger partial charge in [0, 0.05) is 5.56 Å². The lowest BCUT2D eigenvalue weighted by Crippen LogP contribution is -2.44. The van der Waals surface area contributed by atoms with Gasteiger partial charge < -0.3 is 20.5 Å². The van der Waals surface area contributed by atoms with Gasteiger partial charge in [0.2, 0.25) is 5.91 Å². The number of alkyl halides is 3. The normalized spacial score (nSPS) is 13.7. The molecule has 2 amide bonds. The molecule has 3 N–H and O–H groups in total. The molecular weight excluding hydrogens is 489 g/mol. The maximum atomic E-state index is 14.2. The Hall–Kier alpha value is -2.99. The Labute approximate surface area is 196 Å². The van der Waals surface area contributed by atoms with Gasteiger partial charge >= 0.3 is 12.3 Å². The van der Waals surface area contributed by atoms with Gasteiger partial charge in [-0.25, -0.2) is 18.6 Å². The van der Waals surface area contributed by atoms with Crippen LogP contribution in [0.4, 0.5) is 32.4 Å². The predicted molar refractivity (Wildman–Crippen MR) is 112 cm³/mol. The first kappa shape index (κ1) is 27.3. The first-order valence-corrected chi connectivity index (χ1v) is 10.1. The molecule has 0 aliphatic heterocycles. The Kier molecular flexibility index (Phi) is 8.10. The van der Waals surface area contributed by atoms with Gasteiger partial charge in [0.1, 0.15) is 29.4 Å². The van der Waals surface area contributed by atoms with Crippen LogP contribution in [0.1, 0.15) is 50.6 Å². The standard InChI is InChI=1S/C21H21ClF5N3O4/c1-9(29-19(33)34-20(2,3)4)18(32)30-12-8-28-17(21(25,26)27)15(22)14(12)16(31)13-10(23)6-5-7-11(13)24/h5-9,16,31H,1-4H3,(H,29,33)(H,30,32). The molecule has 0 radical (unpaired) electrons. The number of hydrogen-bond acceptors (Lipinski definition) is 5. The summed E-state index contributed by atoms with van der Waals surface area (Å²) in [6.45, 7) is 6.00. The molecule has 0 bridgehead atoms. The number of alkyl carbamates (subject to hydrolysis) is 1. The van der Waals surface area contributed by atoms with Crippen LogP contribution in [0.2, 0.25) is 5.02 Å². The van der Waals surface area contributed by atoms with Crippen molar-refractivity contribution < 1.29 is 41.4 Å². The highest BCUT2D eigenvalue weighted by Gasteiger charge is 2.39. The van der Waals surface area contributed by atoms with Crippen LogP contribution < -0.4 is 10.6 Å². The van der Waals surface area contributed by atoms with E-state index in [2.05, 4.69) is 15.6 Å². The second-order valence-corrected chi connectivity index (χ2v) is 8.52. The molecule has 0 fully saturated rings. The average molecular weight is 510 g/mol. The highest BCUT2D eigenvalue weighted by Crippen LogP contribution is 2.42. The van der Waals surface area contributed by atoms with E-state index < -0.39 is 75.1 Å². The van der Waals surface area contributed by atoms with Crippen LogP contribution in [0.15, 0.2) is 24.4 Å². The molecule has 2 aromatic rings. The number of hydrogen-bond donors (Lipinski definition) is 3. The van der Waals surface area contributed by atoms with E-state index in [-0.39, 0.29) is 0 Å². The van der Waals surface area contributed by atoms with E-state index in [1.807, 2.05) is 0 Å². The number of carbonyl (C=O) groups is 2. The van der Waals surface area contributed by atoms with Crippen LogP contribution in [0.25, 0.3) is 0 Å². The van der Waals surface area contributed by atoms with Gasteiger partial charge in [-0.1, -0.05) is 17.7 Å². The molecule has 2 rings (SSSR count). The summed E-state index contributed by atoms with van der Waals surface area (Å²) < 4.78 is 73.5. The van der Waals surface area contributed by atoms with Crippen molar-refractivity contribution in [2.45, 2.75) is 51.6 Å². The lowest BCUT2D eigenvalue weighted by Gasteiger charge is -2.23. The number of rotatable bonds is 5. The van der Waals surface area contributed by atoms with Crippen LogP contribution in [-0.2, 0) is 15.7 Å². The zero-order valence-electron chi connectivity index (χ0n) is 18.4. The molecular formula is C21H21ClF5N3O4. The minimum Gasteiger partial charge on any atom is -0.444 e. The number of nitrogens with one attached hydrogen (secondary N) is 2. The van der Waals surface area contributed by atoms with E-state index in [9.17, 15) is 36.6 Å². The van der Waals surface area contributed by atoms with Crippen LogP contribution in [-0.4, -0.2) is 33.7 Å². The number of aliphatic hydroxyl groups is 1. The third-order valence-corrected chi connectivity index (χ3v) is 4.64. The molecule has 1 aromatic carbocycles. The molecule has 0 spiro atoms. The summed E-state index contributed by atoms with van der Waals surface area (Å²) in [5, 5.41) is 13.8. The molecule has 7 nitrogen and oxygen atoms in total. The first-order valence-electron chi connectivity index (χ1n) is 9.71. The zero-order chi connectivity index (χ0) is 26.0. The second kappa shape index (κ2) is 10.1. The third-order valence-electron chi connectivity index (χ3n) is 4.26. The highest BCUT2D eigenvalue weighted by atomic mass is 35.5. The van der Waals surface area contributed by atoms with Gasteiger partial charge in [-0.3, -0.25) is 4.79 Å². The quantitative estimate of drug-likeness (QED) is 0.494. The fourth-order valence-electron chi connectivity index (χ4n) is 2.77. The van der Waals surface area contributed by atoms with E-state index in [1.54, 1.807) is 20.8 Å². The van der Waals surface area contributed by atoms with E-state index >= 15 is 0 Å². The number of ether oxygens (including phenoxy) is 1. The van der Waals surface area contributed by atoms with Crippen molar-refractivity contribution in [3.05, 3.63) is 57.9 Å². The molecule has 0 aliphatic carbocycles. The van der Waals surface area contributed by atoms with Crippen LogP contribution in [0, 0.1) is 11.6 Å². The minimum absolute atomic E-state index is 0.532. The minimum atomic E-state index is -5.08. The van der Waals surface area contributed by atoms with Crippen molar-refractivity contribution in [3.8, 4) is 0 Å². The summed E-state index contributed by atoms with van der Waals surface area (Å²) in [4.78, 5) is 27.6. The van der Waals surface area contributed by atoms with Crippen LogP contribution >= 0.6 is 11.6 Å². The van der Waals surface area contributed by atoms with E-state index in [0.29, 0.717) is 6.20 Å². The third kappa shape index (κ3) is 6.54. The number of aliphatic hydroxyl groups excluding tert-OH is 1. The number of nitrogens with zero attached hydrogens (tertiary/aromatic N) is 1. The maximum absolute atomic E-state index is 14.2. The highest BCUT2D eigenvalue weighted by molar-refractivity contribution is 6.32. The molecule has 1 aromatic heterocycles. The fraction of sp³-hybridized carbons (Fsp3) is 0.381. The summed E-state index contributed by atoms with van der Waals surface area (Å²) in [6.07, 6.45) is -7.84. The van der Waals surface area contributed by atoms with Crippen LogP contribution in [0.5, 0.6) is 0 Å². The number of aromatic nitrogens is 1. The number of amides is 2. The summed E-state index contributed by atoms with van der Waals surface area (Å²) >= 11 is 5.84. The number of halogens is 6. The molecule has 0 aliphatic rings. The SMILES string of the molecule is CC(NC(=O)OC(C)(C)C)C(=O)Nc1cnc(C(F)(F)F)c(Cl)c1C(O)c1c(F)cccc1F. The summed E-state index contributed by atoms with van der Waals surface area (Å²) in [5.74, 6) is -3.48. The zero-order valence-corrected chi connectivity index (χ0v) is 19.1. The number of carbonyl (C=O) groups excluding carboxylic acids is 2. The first-order chi connectivity index (χ1) is 15.5. The smallest absolute Gasteiger partial charge is 0.434 e. The van der Waals surface area contributed by atoms with Gasteiger partial charge in [-0.2, -0.15) is 13.2 Å². The van der Waals surface area contributed by atoms with Gasteiger partial charge in [-0.15, -0.1) is 0 Å². The molecule has 2 unspecified atom stereocenters. The molecule has 13 heteroatoms. The summed E-state index contributed by atoms with van der Waals surface area (Å²) in [6, 6.07) is 1.29. The number of anilines is 1. The van der Waals surface area contributed by atoms with E-state index in [0.717, 1.165) is 18.2 Å². The van der Waals surface area contributed by atoms with Crippen molar-refractivity contribution in [2.75, 3.05) is 5.32 Å². The van der Waals surface area contributed by atoms with Crippen molar-refractivity contribution in [1.82, 2.24) is 10.3 Å². The average Bonchev–Trinajstić information content (AvgIpc) is 2.65. The lowest BCUT2D eigenvalue weighted by molar-refractivity contribution is -0.141. The molecule has 34 heavy (non-hydrogen) atoms. The van der Waals surface area contributed by atoms with Crippen LogP contribution in [0.3, 0.4) is 0 Å². The van der Waals surface area contributed by atoms with Crippen molar-refractivity contribution in [2.24, 2.45) is 0 Å². The van der Waals surface area contributed by atoms with Gasteiger partial charge in [0.15, 0.2) is 5.69 Å². The number of pyridine rings is 1. The molecule has 0 saturated carbocycles. The van der Waals surface area contributed by atoms with Gasteiger partial charge in [0.05, 0.1) is 22.5 Å². The van der Waals surface area contributed by atoms with Gasteiger partial charge in [-0.05, 0) is 39.8 Å². The lowest BCUT2D eigenvalue weighted by atomic mass is 9.98. The largest absolute Gasteiger partial charge is 0.444 e. The second-order valence-electron chi connectivity index (χ2n) is 8.14. The molecule has 186 valence electrons. The summed E-state index contributed by atoms with van der Waals surface area (Å²) in [5.41, 5.74) is -4.90. The van der Waals surface area contributed by atoms with E-state index in [4.69, 9.17) is 16.3 Å². The Morgan fingerprint density at radius 1 is 1.12 bits per heavy atom. The van der Waals surface area contributed by atoms with Gasteiger partial charge in [0.25, 0.3) is 0 Å². The summed E-state index contributed by atoms with van der Waals surface area (Å²) in [7, 11) is 0. The van der Waals surface area contributed by atoms with Crippen molar-refractivity contribution in [3.63, 3.8) is 0 Å².